The minimum atomic E-state index is -1.89. The fraction of sp³-hybridized carbons (Fsp3) is 0.938. The van der Waals surface area contributed by atoms with Crippen LogP contribution in [0.1, 0.15) is 0 Å². The van der Waals surface area contributed by atoms with Crippen LogP contribution in [0, 0.1) is 0 Å². The first-order chi connectivity index (χ1) is 16.2. The van der Waals surface area contributed by atoms with Gasteiger partial charge in [-0.2, -0.15) is 10.2 Å². The van der Waals surface area contributed by atoms with Gasteiger partial charge in [-0.3, -0.25) is 0 Å². The van der Waals surface area contributed by atoms with E-state index in [2.05, 4.69) is 25.6 Å². The molecule has 0 saturated carbocycles. The van der Waals surface area contributed by atoms with Crippen molar-refractivity contribution in [1.82, 2.24) is 5.32 Å². The minimum absolute atomic E-state index is 0.144. The van der Waals surface area contributed by atoms with Crippen LogP contribution in [0.4, 0.5) is 4.79 Å². The molecule has 0 spiro atoms. The summed E-state index contributed by atoms with van der Waals surface area (Å²) in [6.07, 6.45) is -17.8. The van der Waals surface area contributed by atoms with Crippen LogP contribution in [-0.2, 0) is 18.9 Å². The molecule has 10 atom stereocenters. The zero-order chi connectivity index (χ0) is 25.0. The summed E-state index contributed by atoms with van der Waals surface area (Å²) < 4.78 is 20.8. The molecular formula is C16H26N6O12. The predicted molar refractivity (Wildman–Crippen MR) is 102 cm³/mol. The molecule has 34 heavy (non-hydrogen) atoms. The van der Waals surface area contributed by atoms with Gasteiger partial charge in [-0.25, -0.2) is 4.79 Å². The highest BCUT2D eigenvalue weighted by Gasteiger charge is 2.52. The second-order valence-electron chi connectivity index (χ2n) is 7.83. The largest absolute Gasteiger partial charge is 0.438 e. The smallest absolute Gasteiger partial charge is 0.407 e. The Morgan fingerprint density at radius 1 is 1.00 bits per heavy atom. The molecule has 3 rings (SSSR count). The van der Waals surface area contributed by atoms with Crippen LogP contribution >= 0.6 is 0 Å². The van der Waals surface area contributed by atoms with Crippen molar-refractivity contribution in [1.29, 1.82) is 0 Å². The van der Waals surface area contributed by atoms with E-state index in [1.54, 1.807) is 0 Å². The van der Waals surface area contributed by atoms with Crippen molar-refractivity contribution < 1.29 is 59.5 Å². The molecular weight excluding hydrogens is 468 g/mol. The zero-order valence-electron chi connectivity index (χ0n) is 17.5. The third-order valence-electron chi connectivity index (χ3n) is 5.48. The van der Waals surface area contributed by atoms with Crippen LogP contribution in [0.25, 0.3) is 10.4 Å². The van der Waals surface area contributed by atoms with Crippen molar-refractivity contribution in [2.24, 2.45) is 15.3 Å². The maximum absolute atomic E-state index is 12.2. The van der Waals surface area contributed by atoms with Gasteiger partial charge in [0.05, 0.1) is 26.3 Å². The number of aliphatic hydroxyl groups is 7. The van der Waals surface area contributed by atoms with Gasteiger partial charge in [0.2, 0.25) is 5.66 Å². The molecule has 18 heteroatoms. The predicted octanol–water partition coefficient (Wildman–Crippen LogP) is -4.19. The molecule has 3 heterocycles. The second kappa shape index (κ2) is 11.0. The highest BCUT2D eigenvalue weighted by Crippen LogP contribution is 2.30. The topological polar surface area (TPSA) is 281 Å². The van der Waals surface area contributed by atoms with Gasteiger partial charge in [-0.15, -0.1) is 0 Å². The first-order valence-corrected chi connectivity index (χ1v) is 10.1. The van der Waals surface area contributed by atoms with Gasteiger partial charge in [0.15, 0.2) is 18.7 Å². The molecule has 192 valence electrons. The number of nitrogens with one attached hydrogen (secondary N) is 1. The van der Waals surface area contributed by atoms with E-state index in [1.807, 2.05) is 0 Å². The highest BCUT2D eigenvalue weighted by molar-refractivity contribution is 5.67. The molecule has 0 aromatic rings. The normalized spacial score (nSPS) is 40.8. The molecule has 0 aromatic heterocycles. The van der Waals surface area contributed by atoms with Crippen molar-refractivity contribution >= 4 is 6.09 Å². The summed E-state index contributed by atoms with van der Waals surface area (Å²) in [5.74, 6) is 0. The molecule has 2 fully saturated rings. The van der Waals surface area contributed by atoms with E-state index in [-0.39, 0.29) is 13.1 Å². The maximum atomic E-state index is 12.2. The van der Waals surface area contributed by atoms with Crippen LogP contribution in [0.5, 0.6) is 0 Å². The maximum Gasteiger partial charge on any atom is 0.407 e. The van der Waals surface area contributed by atoms with Crippen molar-refractivity contribution in [3.63, 3.8) is 0 Å². The van der Waals surface area contributed by atoms with E-state index in [0.717, 1.165) is 0 Å². The zero-order valence-corrected chi connectivity index (χ0v) is 17.5. The number of carbonyl (C=O) groups is 1. The Kier molecular flexibility index (Phi) is 8.55. The van der Waals surface area contributed by atoms with E-state index in [4.69, 9.17) is 24.5 Å². The van der Waals surface area contributed by atoms with Crippen molar-refractivity contribution in [3.05, 3.63) is 10.4 Å². The van der Waals surface area contributed by atoms with Gasteiger partial charge in [0.1, 0.15) is 42.7 Å². The number of ether oxygens (including phenoxy) is 4. The van der Waals surface area contributed by atoms with Gasteiger partial charge < -0.3 is 60.0 Å². The fourth-order valence-electron chi connectivity index (χ4n) is 3.47. The number of hydrogen-bond acceptors (Lipinski definition) is 15. The summed E-state index contributed by atoms with van der Waals surface area (Å²) in [5.41, 5.74) is 7.24. The van der Waals surface area contributed by atoms with Crippen LogP contribution in [-0.4, -0.2) is 135 Å². The summed E-state index contributed by atoms with van der Waals surface area (Å²) in [6, 6.07) is 0. The van der Waals surface area contributed by atoms with E-state index in [0.29, 0.717) is 0 Å². The summed E-state index contributed by atoms with van der Waals surface area (Å²) in [6.45, 7) is -1.86. The minimum Gasteiger partial charge on any atom is -0.438 e. The first-order valence-electron chi connectivity index (χ1n) is 10.1. The SMILES string of the molecule is [N-]=[N+]=NCC1(CNC(=O)OC2C(O)OC(CO)[C@@H](O[C@@H]3OC(CO)[C@H](O)[C@H](O)C3O)[C@@H]2O)N=N1. The molecule has 0 radical (unpaired) electrons. The van der Waals surface area contributed by atoms with Crippen LogP contribution in [0.3, 0.4) is 0 Å². The molecule has 1 amide bonds. The van der Waals surface area contributed by atoms with E-state index in [9.17, 15) is 40.5 Å². The average Bonchev–Trinajstić information content (AvgIpc) is 3.60. The molecule has 8 N–H and O–H groups in total. The van der Waals surface area contributed by atoms with Crippen LogP contribution in [0.15, 0.2) is 15.3 Å². The summed E-state index contributed by atoms with van der Waals surface area (Å²) in [4.78, 5) is 14.7. The lowest BCUT2D eigenvalue weighted by Crippen LogP contribution is -2.65. The summed E-state index contributed by atoms with van der Waals surface area (Å²) in [5, 5.41) is 82.6. The van der Waals surface area contributed by atoms with Crippen LogP contribution < -0.4 is 5.32 Å². The number of alkyl carbamates (subject to hydrolysis) is 1. The standard InChI is InChI=1S/C16H26N6O12/c17-22-19-4-16(20-21-16)3-18-15(30)34-12-10(28)11(6(2-24)31-13(12)29)33-14-9(27)8(26)7(25)5(1-23)32-14/h5-14,23-29H,1-4H2,(H,18,30)/t5?,6?,7-,8-,9?,10-,11+,12?,13?,14-/m0/s1. The molecule has 5 unspecified atom stereocenters. The van der Waals surface area contributed by atoms with Gasteiger partial charge in [-0.05, 0) is 5.53 Å². The molecule has 2 saturated heterocycles. The monoisotopic (exact) mass is 494 g/mol. The Hall–Kier alpha value is -2.22. The lowest BCUT2D eigenvalue weighted by atomic mass is 9.97. The number of amides is 1. The van der Waals surface area contributed by atoms with Crippen molar-refractivity contribution in [3.8, 4) is 0 Å². The molecule has 3 aliphatic rings. The molecule has 3 aliphatic heterocycles. The lowest BCUT2D eigenvalue weighted by Gasteiger charge is -2.45. The number of hydrogen-bond donors (Lipinski definition) is 8. The Bertz CT molecular complexity index is 790. The fourth-order valence-corrected chi connectivity index (χ4v) is 3.47. The van der Waals surface area contributed by atoms with Gasteiger partial charge in [0.25, 0.3) is 0 Å². The van der Waals surface area contributed by atoms with Crippen molar-refractivity contribution in [2.45, 2.75) is 67.1 Å². The second-order valence-corrected chi connectivity index (χ2v) is 7.83. The molecule has 0 aromatic carbocycles. The van der Waals surface area contributed by atoms with Gasteiger partial charge in [0, 0.05) is 4.91 Å². The number of carbonyl (C=O) groups excluding carboxylic acids is 1. The third kappa shape index (κ3) is 5.70. The summed E-state index contributed by atoms with van der Waals surface area (Å²) in [7, 11) is 0. The first kappa shape index (κ1) is 26.4. The number of aliphatic hydroxyl groups excluding tert-OH is 7. The molecule has 0 bridgehead atoms. The van der Waals surface area contributed by atoms with E-state index < -0.39 is 86.4 Å². The Morgan fingerprint density at radius 3 is 2.26 bits per heavy atom. The van der Waals surface area contributed by atoms with Gasteiger partial charge >= 0.3 is 6.09 Å². The quantitative estimate of drug-likeness (QED) is 0.0860. The Labute approximate surface area is 191 Å². The number of nitrogens with zero attached hydrogens (tertiary/aromatic N) is 5. The molecule has 0 aliphatic carbocycles. The molecule has 18 nitrogen and oxygen atoms in total. The Balaban J connectivity index is 1.63. The third-order valence-corrected chi connectivity index (χ3v) is 5.48. The van der Waals surface area contributed by atoms with Crippen molar-refractivity contribution in [2.75, 3.05) is 26.3 Å². The average molecular weight is 494 g/mol. The lowest BCUT2D eigenvalue weighted by molar-refractivity contribution is -0.354. The van der Waals surface area contributed by atoms with Gasteiger partial charge in [-0.1, -0.05) is 5.11 Å². The summed E-state index contributed by atoms with van der Waals surface area (Å²) >= 11 is 0. The highest BCUT2D eigenvalue weighted by atomic mass is 16.7. The number of azide groups is 1. The van der Waals surface area contributed by atoms with E-state index in [1.165, 1.54) is 0 Å². The van der Waals surface area contributed by atoms with Crippen LogP contribution in [0.2, 0.25) is 0 Å². The Morgan fingerprint density at radius 2 is 1.68 bits per heavy atom. The number of rotatable bonds is 9. The van der Waals surface area contributed by atoms with E-state index >= 15 is 0 Å².